The topological polar surface area (TPSA) is 39.5 Å². The van der Waals surface area contributed by atoms with Crippen molar-refractivity contribution in [3.05, 3.63) is 0 Å². The standard InChI is InChI=1S/C12H21N3O.CH4/c1-16-15-9-7-14(8-10-15)12(11-13)5-3-2-4-6-12;/h2-10H2,1H3;1H4. The van der Waals surface area contributed by atoms with Gasteiger partial charge in [-0.2, -0.15) is 10.3 Å². The smallest absolute Gasteiger partial charge is 0.109 e. The number of rotatable bonds is 2. The van der Waals surface area contributed by atoms with E-state index in [9.17, 15) is 5.26 Å². The normalized spacial score (nSPS) is 25.9. The van der Waals surface area contributed by atoms with E-state index in [1.54, 1.807) is 7.11 Å². The molecule has 2 rings (SSSR count). The lowest BCUT2D eigenvalue weighted by atomic mass is 9.81. The maximum absolute atomic E-state index is 9.48. The fraction of sp³-hybridized carbons (Fsp3) is 0.923. The quantitative estimate of drug-likeness (QED) is 0.739. The molecule has 1 saturated heterocycles. The van der Waals surface area contributed by atoms with E-state index in [0.717, 1.165) is 39.0 Å². The van der Waals surface area contributed by atoms with Crippen molar-refractivity contribution in [2.24, 2.45) is 0 Å². The first-order chi connectivity index (χ1) is 7.80. The molecular weight excluding hydrogens is 214 g/mol. The first-order valence-electron chi connectivity index (χ1n) is 6.26. The van der Waals surface area contributed by atoms with Gasteiger partial charge in [-0.15, -0.1) is 0 Å². The van der Waals surface area contributed by atoms with Gasteiger partial charge in [0.05, 0.1) is 13.2 Å². The molecule has 2 aliphatic rings. The first-order valence-corrected chi connectivity index (χ1v) is 6.26. The van der Waals surface area contributed by atoms with Crippen molar-refractivity contribution in [3.63, 3.8) is 0 Å². The lowest BCUT2D eigenvalue weighted by molar-refractivity contribution is -0.159. The number of piperazine rings is 1. The van der Waals surface area contributed by atoms with E-state index < -0.39 is 0 Å². The third-order valence-electron chi connectivity index (χ3n) is 3.99. The van der Waals surface area contributed by atoms with Crippen molar-refractivity contribution >= 4 is 0 Å². The van der Waals surface area contributed by atoms with Gasteiger partial charge >= 0.3 is 0 Å². The number of hydrogen-bond donors (Lipinski definition) is 0. The van der Waals surface area contributed by atoms with Gasteiger partial charge in [-0.25, -0.2) is 0 Å². The first kappa shape index (κ1) is 14.4. The maximum Gasteiger partial charge on any atom is 0.109 e. The zero-order valence-corrected chi connectivity index (χ0v) is 10.1. The summed E-state index contributed by atoms with van der Waals surface area (Å²) in [5.41, 5.74) is -0.169. The molecule has 0 amide bonds. The van der Waals surface area contributed by atoms with Crippen molar-refractivity contribution < 1.29 is 4.84 Å². The number of nitrogens with zero attached hydrogens (tertiary/aromatic N) is 3. The molecule has 1 aliphatic heterocycles. The van der Waals surface area contributed by atoms with Crippen LogP contribution in [0.15, 0.2) is 0 Å². The Balaban J connectivity index is 0.00000144. The molecule has 0 radical (unpaired) electrons. The summed E-state index contributed by atoms with van der Waals surface area (Å²) in [7, 11) is 1.72. The molecule has 0 aromatic heterocycles. The van der Waals surface area contributed by atoms with Crippen molar-refractivity contribution in [2.75, 3.05) is 33.3 Å². The Kier molecular flexibility index (Phi) is 5.38. The maximum atomic E-state index is 9.48. The van der Waals surface area contributed by atoms with Crippen LogP contribution in [0, 0.1) is 11.3 Å². The molecule has 1 aliphatic carbocycles. The largest absolute Gasteiger partial charge is 0.302 e. The Morgan fingerprint density at radius 1 is 1.06 bits per heavy atom. The van der Waals surface area contributed by atoms with Crippen molar-refractivity contribution in [1.82, 2.24) is 9.96 Å². The van der Waals surface area contributed by atoms with Gasteiger partial charge < -0.3 is 4.84 Å². The summed E-state index contributed by atoms with van der Waals surface area (Å²) in [6.07, 6.45) is 5.81. The van der Waals surface area contributed by atoms with Crippen molar-refractivity contribution in [2.45, 2.75) is 45.1 Å². The monoisotopic (exact) mass is 239 g/mol. The minimum Gasteiger partial charge on any atom is -0.302 e. The average Bonchev–Trinajstić information content (AvgIpc) is 2.39. The molecule has 0 unspecified atom stereocenters. The lowest BCUT2D eigenvalue weighted by Gasteiger charge is -2.45. The fourth-order valence-corrected chi connectivity index (χ4v) is 2.93. The third-order valence-corrected chi connectivity index (χ3v) is 3.99. The minimum atomic E-state index is -0.169. The SMILES string of the molecule is C.CON1CCN(C2(C#N)CCCCC2)CC1. The zero-order valence-electron chi connectivity index (χ0n) is 10.1. The van der Waals surface area contributed by atoms with Crippen LogP contribution in [-0.2, 0) is 4.84 Å². The molecule has 4 nitrogen and oxygen atoms in total. The van der Waals surface area contributed by atoms with Gasteiger partial charge in [0.1, 0.15) is 5.54 Å². The highest BCUT2D eigenvalue weighted by atomic mass is 16.7. The van der Waals surface area contributed by atoms with Crippen LogP contribution in [0.2, 0.25) is 0 Å². The van der Waals surface area contributed by atoms with Gasteiger partial charge in [0, 0.05) is 26.2 Å². The van der Waals surface area contributed by atoms with E-state index >= 15 is 0 Å². The van der Waals surface area contributed by atoms with Gasteiger partial charge in [0.2, 0.25) is 0 Å². The van der Waals surface area contributed by atoms with E-state index in [1.165, 1.54) is 19.3 Å². The Morgan fingerprint density at radius 2 is 1.65 bits per heavy atom. The van der Waals surface area contributed by atoms with Crippen molar-refractivity contribution in [1.29, 1.82) is 5.26 Å². The van der Waals surface area contributed by atoms with Gasteiger partial charge in [-0.3, -0.25) is 4.90 Å². The van der Waals surface area contributed by atoms with Crippen LogP contribution in [0.4, 0.5) is 0 Å². The van der Waals surface area contributed by atoms with E-state index in [-0.39, 0.29) is 13.0 Å². The van der Waals surface area contributed by atoms with Crippen LogP contribution >= 0.6 is 0 Å². The van der Waals surface area contributed by atoms with Crippen LogP contribution in [0.5, 0.6) is 0 Å². The third kappa shape index (κ3) is 2.98. The molecule has 0 aromatic rings. The lowest BCUT2D eigenvalue weighted by Crippen LogP contribution is -2.57. The Labute approximate surface area is 105 Å². The number of hydrogen-bond acceptors (Lipinski definition) is 4. The second-order valence-electron chi connectivity index (χ2n) is 4.80. The fourth-order valence-electron chi connectivity index (χ4n) is 2.93. The van der Waals surface area contributed by atoms with Crippen LogP contribution in [0.3, 0.4) is 0 Å². The summed E-state index contributed by atoms with van der Waals surface area (Å²) in [5.74, 6) is 0. The van der Waals surface area contributed by atoms with E-state index in [1.807, 2.05) is 5.06 Å². The molecule has 0 aromatic carbocycles. The molecule has 2 fully saturated rings. The Hall–Kier alpha value is -0.630. The highest BCUT2D eigenvalue weighted by Crippen LogP contribution is 2.33. The Morgan fingerprint density at radius 3 is 2.12 bits per heavy atom. The summed E-state index contributed by atoms with van der Waals surface area (Å²) < 4.78 is 0. The van der Waals surface area contributed by atoms with E-state index in [4.69, 9.17) is 4.84 Å². The summed E-state index contributed by atoms with van der Waals surface area (Å²) in [5, 5.41) is 11.5. The van der Waals surface area contributed by atoms with Crippen LogP contribution in [0.1, 0.15) is 39.5 Å². The summed E-state index contributed by atoms with van der Waals surface area (Å²) in [4.78, 5) is 7.59. The molecule has 0 spiro atoms. The van der Waals surface area contributed by atoms with E-state index in [0.29, 0.717) is 0 Å². The van der Waals surface area contributed by atoms with Crippen LogP contribution < -0.4 is 0 Å². The predicted molar refractivity (Wildman–Crippen MR) is 68.3 cm³/mol. The zero-order chi connectivity index (χ0) is 11.4. The van der Waals surface area contributed by atoms with Crippen LogP contribution in [0.25, 0.3) is 0 Å². The summed E-state index contributed by atoms with van der Waals surface area (Å²) in [6.45, 7) is 3.75. The van der Waals surface area contributed by atoms with Crippen LogP contribution in [-0.4, -0.2) is 48.8 Å². The molecule has 0 atom stereocenters. The molecule has 1 heterocycles. The highest BCUT2D eigenvalue weighted by molar-refractivity contribution is 5.10. The second-order valence-corrected chi connectivity index (χ2v) is 4.80. The minimum absolute atomic E-state index is 0. The van der Waals surface area contributed by atoms with Gasteiger partial charge in [0.25, 0.3) is 0 Å². The molecule has 4 heteroatoms. The molecular formula is C13H25N3O. The summed E-state index contributed by atoms with van der Waals surface area (Å²) >= 11 is 0. The van der Waals surface area contributed by atoms with Gasteiger partial charge in [0.15, 0.2) is 0 Å². The molecule has 0 bridgehead atoms. The van der Waals surface area contributed by atoms with E-state index in [2.05, 4.69) is 11.0 Å². The number of nitriles is 1. The second kappa shape index (κ2) is 6.34. The van der Waals surface area contributed by atoms with Gasteiger partial charge in [-0.05, 0) is 12.8 Å². The molecule has 98 valence electrons. The van der Waals surface area contributed by atoms with Gasteiger partial charge in [-0.1, -0.05) is 26.7 Å². The average molecular weight is 239 g/mol. The number of hydroxylamine groups is 2. The Bertz CT molecular complexity index is 260. The highest BCUT2D eigenvalue weighted by Gasteiger charge is 2.39. The summed E-state index contributed by atoms with van der Waals surface area (Å²) in [6, 6.07) is 2.59. The molecule has 17 heavy (non-hydrogen) atoms. The van der Waals surface area contributed by atoms with Crippen molar-refractivity contribution in [3.8, 4) is 6.07 Å². The molecule has 1 saturated carbocycles. The molecule has 0 N–H and O–H groups in total. The predicted octanol–water partition coefficient (Wildman–Crippen LogP) is 2.03.